The van der Waals surface area contributed by atoms with Crippen LogP contribution in [-0.2, 0) is 6.42 Å². The fourth-order valence-corrected chi connectivity index (χ4v) is 4.09. The monoisotopic (exact) mass is 333 g/mol. The van der Waals surface area contributed by atoms with E-state index >= 15 is 0 Å². The van der Waals surface area contributed by atoms with Crippen LogP contribution in [0.25, 0.3) is 0 Å². The zero-order valence-electron chi connectivity index (χ0n) is 14.3. The number of hydrogen-bond donors (Lipinski definition) is 1. The molecule has 2 heterocycles. The lowest BCUT2D eigenvalue weighted by Crippen LogP contribution is -2.45. The number of ether oxygens (including phenoxy) is 1. The zero-order valence-corrected chi connectivity index (χ0v) is 15.2. The van der Waals surface area contributed by atoms with Crippen LogP contribution in [-0.4, -0.2) is 55.8 Å². The van der Waals surface area contributed by atoms with Crippen molar-refractivity contribution in [2.45, 2.75) is 25.3 Å². The van der Waals surface area contributed by atoms with Gasteiger partial charge in [0.05, 0.1) is 7.11 Å². The highest BCUT2D eigenvalue weighted by Crippen LogP contribution is 2.40. The molecule has 0 amide bonds. The molecule has 4 nitrogen and oxygen atoms in total. The van der Waals surface area contributed by atoms with Gasteiger partial charge in [0.25, 0.3) is 0 Å². The van der Waals surface area contributed by atoms with Crippen molar-refractivity contribution < 1.29 is 4.74 Å². The molecule has 2 unspecified atom stereocenters. The van der Waals surface area contributed by atoms with E-state index in [1.807, 2.05) is 7.05 Å². The second-order valence-electron chi connectivity index (χ2n) is 6.69. The molecular formula is C18H27N3OS. The molecule has 23 heavy (non-hydrogen) atoms. The smallest absolute Gasteiger partial charge is 0.168 e. The second kappa shape index (κ2) is 7.05. The zero-order chi connectivity index (χ0) is 16.4. The van der Waals surface area contributed by atoms with Gasteiger partial charge in [-0.05, 0) is 67.2 Å². The van der Waals surface area contributed by atoms with Crippen LogP contribution in [0.1, 0.15) is 30.0 Å². The number of fused-ring (bicyclic) bond motifs is 3. The highest BCUT2D eigenvalue weighted by molar-refractivity contribution is 7.80. The molecule has 2 aliphatic heterocycles. The Balaban J connectivity index is 1.73. The Morgan fingerprint density at radius 1 is 1.43 bits per heavy atom. The quantitative estimate of drug-likeness (QED) is 0.858. The predicted molar refractivity (Wildman–Crippen MR) is 98.0 cm³/mol. The molecular weight excluding hydrogens is 306 g/mol. The van der Waals surface area contributed by atoms with Crippen molar-refractivity contribution in [1.29, 1.82) is 0 Å². The Morgan fingerprint density at radius 2 is 2.26 bits per heavy atom. The first-order valence-electron chi connectivity index (χ1n) is 8.46. The van der Waals surface area contributed by atoms with Crippen molar-refractivity contribution in [2.24, 2.45) is 5.92 Å². The van der Waals surface area contributed by atoms with E-state index in [-0.39, 0.29) is 0 Å². The van der Waals surface area contributed by atoms with E-state index in [1.54, 1.807) is 7.11 Å². The van der Waals surface area contributed by atoms with E-state index in [4.69, 9.17) is 17.0 Å². The van der Waals surface area contributed by atoms with Gasteiger partial charge in [0, 0.05) is 33.2 Å². The molecule has 5 heteroatoms. The van der Waals surface area contributed by atoms with Crippen molar-refractivity contribution in [3.63, 3.8) is 0 Å². The van der Waals surface area contributed by atoms with Crippen LogP contribution in [0.3, 0.4) is 0 Å². The summed E-state index contributed by atoms with van der Waals surface area (Å²) in [6.45, 7) is 3.40. The predicted octanol–water partition coefficient (Wildman–Crippen LogP) is 2.44. The summed E-state index contributed by atoms with van der Waals surface area (Å²) in [4.78, 5) is 4.83. The topological polar surface area (TPSA) is 27.7 Å². The fourth-order valence-electron chi connectivity index (χ4n) is 4.02. The SMILES string of the molecule is CNC(=S)N(C)CC1CCN2CCc3cc(OC)ccc3C2C1. The number of piperidine rings is 1. The molecule has 1 N–H and O–H groups in total. The van der Waals surface area contributed by atoms with Crippen molar-refractivity contribution in [3.05, 3.63) is 29.3 Å². The molecule has 2 atom stereocenters. The van der Waals surface area contributed by atoms with E-state index in [2.05, 4.69) is 40.4 Å². The number of thiocarbonyl (C=S) groups is 1. The molecule has 0 bridgehead atoms. The van der Waals surface area contributed by atoms with Crippen LogP contribution in [0.5, 0.6) is 5.75 Å². The molecule has 3 rings (SSSR count). The summed E-state index contributed by atoms with van der Waals surface area (Å²) in [6, 6.07) is 7.15. The van der Waals surface area contributed by atoms with Crippen LogP contribution >= 0.6 is 12.2 Å². The molecule has 2 aliphatic rings. The minimum atomic E-state index is 0.556. The molecule has 1 aromatic rings. The Labute approximate surface area is 144 Å². The average Bonchev–Trinajstić information content (AvgIpc) is 2.60. The number of rotatable bonds is 3. The van der Waals surface area contributed by atoms with E-state index in [0.29, 0.717) is 12.0 Å². The first-order chi connectivity index (χ1) is 11.1. The van der Waals surface area contributed by atoms with E-state index in [0.717, 1.165) is 23.8 Å². The van der Waals surface area contributed by atoms with Crippen LogP contribution in [0, 0.1) is 5.92 Å². The summed E-state index contributed by atoms with van der Waals surface area (Å²) < 4.78 is 5.39. The standard InChI is InChI=1S/C18H27N3OS/c1-19-18(23)20(2)12-13-6-8-21-9-7-14-11-15(22-3)4-5-16(14)17(21)10-13/h4-5,11,13,17H,6-10,12H2,1-3H3,(H,19,23). The van der Waals surface area contributed by atoms with Crippen LogP contribution < -0.4 is 10.1 Å². The maximum absolute atomic E-state index is 5.39. The molecule has 0 radical (unpaired) electrons. The summed E-state index contributed by atoms with van der Waals surface area (Å²) in [7, 11) is 5.73. The third-order valence-corrected chi connectivity index (χ3v) is 5.81. The molecule has 0 saturated carbocycles. The van der Waals surface area contributed by atoms with Gasteiger partial charge in [-0.25, -0.2) is 0 Å². The molecule has 1 fully saturated rings. The van der Waals surface area contributed by atoms with Crippen LogP contribution in [0.15, 0.2) is 18.2 Å². The number of nitrogens with one attached hydrogen (secondary N) is 1. The Morgan fingerprint density at radius 3 is 3.00 bits per heavy atom. The lowest BCUT2D eigenvalue weighted by molar-refractivity contribution is 0.0955. The first kappa shape index (κ1) is 16.5. The van der Waals surface area contributed by atoms with Crippen molar-refractivity contribution in [1.82, 2.24) is 15.1 Å². The van der Waals surface area contributed by atoms with Crippen molar-refractivity contribution >= 4 is 17.3 Å². The normalized spacial score (nSPS) is 23.6. The molecule has 126 valence electrons. The van der Waals surface area contributed by atoms with Gasteiger partial charge in [-0.3, -0.25) is 4.90 Å². The van der Waals surface area contributed by atoms with Crippen LogP contribution in [0.4, 0.5) is 0 Å². The molecule has 0 aliphatic carbocycles. The maximum Gasteiger partial charge on any atom is 0.168 e. The van der Waals surface area contributed by atoms with Gasteiger partial charge in [0.15, 0.2) is 5.11 Å². The number of methoxy groups -OCH3 is 1. The largest absolute Gasteiger partial charge is 0.497 e. The lowest BCUT2D eigenvalue weighted by atomic mass is 9.82. The van der Waals surface area contributed by atoms with Gasteiger partial charge < -0.3 is 15.0 Å². The van der Waals surface area contributed by atoms with E-state index in [9.17, 15) is 0 Å². The Hall–Kier alpha value is -1.33. The van der Waals surface area contributed by atoms with Gasteiger partial charge in [0.1, 0.15) is 5.75 Å². The summed E-state index contributed by atoms with van der Waals surface area (Å²) in [5, 5.41) is 3.91. The molecule has 1 aromatic carbocycles. The minimum Gasteiger partial charge on any atom is -0.497 e. The van der Waals surface area contributed by atoms with Crippen molar-refractivity contribution in [2.75, 3.05) is 40.8 Å². The number of nitrogens with zero attached hydrogens (tertiary/aromatic N) is 2. The number of benzene rings is 1. The van der Waals surface area contributed by atoms with Gasteiger partial charge in [-0.15, -0.1) is 0 Å². The summed E-state index contributed by atoms with van der Waals surface area (Å²) in [6.07, 6.45) is 3.62. The second-order valence-corrected chi connectivity index (χ2v) is 7.08. The molecule has 1 saturated heterocycles. The average molecular weight is 334 g/mol. The highest BCUT2D eigenvalue weighted by atomic mass is 32.1. The maximum atomic E-state index is 5.39. The third kappa shape index (κ3) is 3.45. The first-order valence-corrected chi connectivity index (χ1v) is 8.87. The lowest BCUT2D eigenvalue weighted by Gasteiger charge is -2.44. The Bertz CT molecular complexity index is 577. The van der Waals surface area contributed by atoms with Gasteiger partial charge in [-0.2, -0.15) is 0 Å². The van der Waals surface area contributed by atoms with Crippen molar-refractivity contribution in [3.8, 4) is 5.75 Å². The minimum absolute atomic E-state index is 0.556. The fraction of sp³-hybridized carbons (Fsp3) is 0.611. The number of hydrogen-bond acceptors (Lipinski definition) is 3. The summed E-state index contributed by atoms with van der Waals surface area (Å²) >= 11 is 5.34. The van der Waals surface area contributed by atoms with E-state index in [1.165, 1.54) is 37.1 Å². The molecule has 0 aromatic heterocycles. The van der Waals surface area contributed by atoms with E-state index < -0.39 is 0 Å². The highest BCUT2D eigenvalue weighted by Gasteiger charge is 2.34. The Kier molecular flexibility index (Phi) is 5.07. The molecule has 0 spiro atoms. The third-order valence-electron chi connectivity index (χ3n) is 5.29. The summed E-state index contributed by atoms with van der Waals surface area (Å²) in [5.74, 6) is 1.67. The summed E-state index contributed by atoms with van der Waals surface area (Å²) in [5.41, 5.74) is 2.96. The van der Waals surface area contributed by atoms with Crippen LogP contribution in [0.2, 0.25) is 0 Å². The van der Waals surface area contributed by atoms with Gasteiger partial charge >= 0.3 is 0 Å². The van der Waals surface area contributed by atoms with Gasteiger partial charge in [-0.1, -0.05) is 6.07 Å². The van der Waals surface area contributed by atoms with Gasteiger partial charge in [0.2, 0.25) is 0 Å².